The highest BCUT2D eigenvalue weighted by atomic mass is 19.1. The monoisotopic (exact) mass is 454 g/mol. The number of nitrogens with zero attached hydrogens (tertiary/aromatic N) is 1. The van der Waals surface area contributed by atoms with E-state index in [1.54, 1.807) is 33.2 Å². The minimum atomic E-state index is -0.534. The molecule has 6 heteroatoms. The minimum absolute atomic E-state index is 0.120. The van der Waals surface area contributed by atoms with E-state index in [1.807, 2.05) is 36.4 Å². The van der Waals surface area contributed by atoms with Crippen molar-refractivity contribution in [3.05, 3.63) is 93.7 Å². The summed E-state index contributed by atoms with van der Waals surface area (Å²) in [6.45, 7) is 3.72. The van der Waals surface area contributed by atoms with Crippen LogP contribution in [0.4, 0.5) is 4.39 Å². The number of aromatic nitrogens is 1. The number of hydrogen-bond donors (Lipinski definition) is 1. The van der Waals surface area contributed by atoms with E-state index >= 15 is 0 Å². The van der Waals surface area contributed by atoms with Gasteiger partial charge in [-0.15, -0.1) is 6.42 Å². The fourth-order valence-corrected chi connectivity index (χ4v) is 4.13. The summed E-state index contributed by atoms with van der Waals surface area (Å²) in [4.78, 5) is 24.5. The van der Waals surface area contributed by atoms with Crippen molar-refractivity contribution in [3.8, 4) is 35.0 Å². The zero-order valence-corrected chi connectivity index (χ0v) is 19.1. The predicted molar refractivity (Wildman–Crippen MR) is 131 cm³/mol. The van der Waals surface area contributed by atoms with E-state index in [9.17, 15) is 14.0 Å². The number of benzene rings is 3. The molecule has 0 aliphatic rings. The molecule has 0 saturated heterocycles. The maximum atomic E-state index is 13.9. The molecular formula is C28H23FN2O3. The number of amides is 1. The number of ether oxygens (including phenoxy) is 1. The average molecular weight is 455 g/mol. The van der Waals surface area contributed by atoms with Gasteiger partial charge in [0.15, 0.2) is 0 Å². The molecule has 5 nitrogen and oxygen atoms in total. The lowest BCUT2D eigenvalue weighted by Crippen LogP contribution is -2.21. The highest BCUT2D eigenvalue weighted by Crippen LogP contribution is 2.40. The molecular weight excluding hydrogens is 431 g/mol. The Hall–Kier alpha value is -4.37. The van der Waals surface area contributed by atoms with Crippen molar-refractivity contribution in [1.29, 1.82) is 0 Å². The van der Waals surface area contributed by atoms with E-state index in [4.69, 9.17) is 11.2 Å². The Labute approximate surface area is 196 Å². The Morgan fingerprint density at radius 1 is 1.09 bits per heavy atom. The molecule has 0 aliphatic carbocycles. The number of pyridine rings is 1. The first-order chi connectivity index (χ1) is 16.3. The third kappa shape index (κ3) is 4.28. The fraction of sp³-hybridized carbons (Fsp3) is 0.143. The summed E-state index contributed by atoms with van der Waals surface area (Å²) in [5.74, 6) is 2.23. The van der Waals surface area contributed by atoms with Gasteiger partial charge in [0.25, 0.3) is 11.5 Å². The molecule has 1 N–H and O–H groups in total. The van der Waals surface area contributed by atoms with Gasteiger partial charge in [-0.2, -0.15) is 0 Å². The third-order valence-corrected chi connectivity index (χ3v) is 5.68. The molecule has 1 amide bonds. The van der Waals surface area contributed by atoms with Crippen LogP contribution in [0.25, 0.3) is 21.9 Å². The fourth-order valence-electron chi connectivity index (χ4n) is 4.13. The molecule has 0 aliphatic heterocycles. The molecule has 170 valence electrons. The van der Waals surface area contributed by atoms with Crippen LogP contribution in [0.1, 0.15) is 16.7 Å². The van der Waals surface area contributed by atoms with Gasteiger partial charge in [0.1, 0.15) is 17.3 Å². The van der Waals surface area contributed by atoms with Gasteiger partial charge in [-0.05, 0) is 66.1 Å². The van der Waals surface area contributed by atoms with Crippen molar-refractivity contribution >= 4 is 16.7 Å². The molecule has 0 spiro atoms. The number of terminal acetylenes is 1. The van der Waals surface area contributed by atoms with Crippen LogP contribution in [0.5, 0.6) is 11.5 Å². The second-order valence-corrected chi connectivity index (χ2v) is 8.09. The van der Waals surface area contributed by atoms with Crippen LogP contribution in [0.3, 0.4) is 0 Å². The van der Waals surface area contributed by atoms with Gasteiger partial charge >= 0.3 is 0 Å². The SMILES string of the molecule is C#CC(=O)NCc1cccc(Oc2c(C)cc(F)cc2C)c1-c1cn(C)c(=O)c2ccccc12. The first-order valence-corrected chi connectivity index (χ1v) is 10.7. The van der Waals surface area contributed by atoms with Crippen molar-refractivity contribution < 1.29 is 13.9 Å². The third-order valence-electron chi connectivity index (χ3n) is 5.68. The van der Waals surface area contributed by atoms with Crippen LogP contribution in [-0.4, -0.2) is 10.5 Å². The van der Waals surface area contributed by atoms with Crippen LogP contribution in [0.2, 0.25) is 0 Å². The summed E-state index contributed by atoms with van der Waals surface area (Å²) in [5, 5.41) is 4.01. The molecule has 1 heterocycles. The molecule has 0 unspecified atom stereocenters. The van der Waals surface area contributed by atoms with E-state index in [0.29, 0.717) is 33.6 Å². The van der Waals surface area contributed by atoms with Crippen molar-refractivity contribution in [2.24, 2.45) is 7.05 Å². The van der Waals surface area contributed by atoms with Crippen LogP contribution in [0, 0.1) is 32.0 Å². The second-order valence-electron chi connectivity index (χ2n) is 8.09. The summed E-state index contributed by atoms with van der Waals surface area (Å²) in [6.07, 6.45) is 6.97. The zero-order chi connectivity index (χ0) is 24.4. The number of hydrogen-bond acceptors (Lipinski definition) is 3. The van der Waals surface area contributed by atoms with Crippen molar-refractivity contribution in [3.63, 3.8) is 0 Å². The van der Waals surface area contributed by atoms with Crippen molar-refractivity contribution in [1.82, 2.24) is 9.88 Å². The number of nitrogens with one attached hydrogen (secondary N) is 1. The highest BCUT2D eigenvalue weighted by molar-refractivity contribution is 5.98. The molecule has 0 fully saturated rings. The van der Waals surface area contributed by atoms with E-state index in [1.165, 1.54) is 16.7 Å². The Balaban J connectivity index is 1.98. The smallest absolute Gasteiger partial charge is 0.295 e. The molecule has 1 aromatic heterocycles. The highest BCUT2D eigenvalue weighted by Gasteiger charge is 2.19. The molecule has 0 radical (unpaired) electrons. The zero-order valence-electron chi connectivity index (χ0n) is 19.1. The molecule has 34 heavy (non-hydrogen) atoms. The normalized spacial score (nSPS) is 10.7. The van der Waals surface area contributed by atoms with Crippen LogP contribution >= 0.6 is 0 Å². The summed E-state index contributed by atoms with van der Waals surface area (Å²) in [5.41, 5.74) is 3.40. The Morgan fingerprint density at radius 3 is 2.44 bits per heavy atom. The van der Waals surface area contributed by atoms with Gasteiger partial charge < -0.3 is 14.6 Å². The first kappa shape index (κ1) is 22.8. The summed E-state index contributed by atoms with van der Waals surface area (Å²) in [7, 11) is 1.69. The van der Waals surface area contributed by atoms with E-state index in [2.05, 4.69) is 11.2 Å². The standard InChI is InChI=1S/C28H23FN2O3/c1-5-25(32)30-15-19-9-8-12-24(34-27-17(2)13-20(29)14-18(27)3)26(19)23-16-31(4)28(33)22-11-7-6-10-21(22)23/h1,6-14,16H,15H2,2-4H3,(H,30,32). The number of fused-ring (bicyclic) bond motifs is 1. The lowest BCUT2D eigenvalue weighted by molar-refractivity contribution is -0.115. The van der Waals surface area contributed by atoms with Gasteiger partial charge in [0.05, 0.1) is 0 Å². The van der Waals surface area contributed by atoms with Crippen LogP contribution in [0.15, 0.2) is 65.6 Å². The molecule has 0 atom stereocenters. The maximum Gasteiger partial charge on any atom is 0.295 e. The van der Waals surface area contributed by atoms with Crippen molar-refractivity contribution in [2.45, 2.75) is 20.4 Å². The summed E-state index contributed by atoms with van der Waals surface area (Å²) < 4.78 is 21.8. The molecule has 0 saturated carbocycles. The molecule has 0 bridgehead atoms. The molecule has 4 rings (SSSR count). The van der Waals surface area contributed by atoms with Crippen LogP contribution in [-0.2, 0) is 18.4 Å². The Kier molecular flexibility index (Phi) is 6.20. The summed E-state index contributed by atoms with van der Waals surface area (Å²) >= 11 is 0. The first-order valence-electron chi connectivity index (χ1n) is 10.7. The average Bonchev–Trinajstić information content (AvgIpc) is 2.82. The van der Waals surface area contributed by atoms with Gasteiger partial charge in [0.2, 0.25) is 0 Å². The lowest BCUT2D eigenvalue weighted by atomic mass is 9.95. The van der Waals surface area contributed by atoms with Gasteiger partial charge in [-0.1, -0.05) is 30.3 Å². The second kappa shape index (κ2) is 9.24. The Bertz CT molecular complexity index is 1510. The van der Waals surface area contributed by atoms with Gasteiger partial charge in [0, 0.05) is 36.3 Å². The predicted octanol–water partition coefficient (Wildman–Crippen LogP) is 5.00. The van der Waals surface area contributed by atoms with E-state index in [0.717, 1.165) is 16.5 Å². The number of rotatable bonds is 5. The van der Waals surface area contributed by atoms with E-state index < -0.39 is 5.91 Å². The van der Waals surface area contributed by atoms with Gasteiger partial charge in [-0.3, -0.25) is 9.59 Å². The largest absolute Gasteiger partial charge is 0.456 e. The molecule has 3 aromatic carbocycles. The molecule has 4 aromatic rings. The number of aryl methyl sites for hydroxylation is 3. The van der Waals surface area contributed by atoms with Crippen molar-refractivity contribution in [2.75, 3.05) is 0 Å². The van der Waals surface area contributed by atoms with Crippen LogP contribution < -0.4 is 15.6 Å². The number of halogens is 1. The minimum Gasteiger partial charge on any atom is -0.456 e. The summed E-state index contributed by atoms with van der Waals surface area (Å²) in [6, 6.07) is 15.7. The number of carbonyl (C=O) groups is 1. The number of carbonyl (C=O) groups excluding carboxylic acids is 1. The quantitative estimate of drug-likeness (QED) is 0.432. The Morgan fingerprint density at radius 2 is 1.76 bits per heavy atom. The topological polar surface area (TPSA) is 60.3 Å². The maximum absolute atomic E-state index is 13.9. The lowest BCUT2D eigenvalue weighted by Gasteiger charge is -2.20. The van der Waals surface area contributed by atoms with E-state index in [-0.39, 0.29) is 17.9 Å². The van der Waals surface area contributed by atoms with Gasteiger partial charge in [-0.25, -0.2) is 4.39 Å².